The molecule has 2 aromatic carbocycles. The van der Waals surface area contributed by atoms with Gasteiger partial charge in [-0.25, -0.2) is 12.7 Å². The third kappa shape index (κ3) is 4.84. The van der Waals surface area contributed by atoms with Gasteiger partial charge in [-0.3, -0.25) is 14.9 Å². The number of rotatable bonds is 7. The van der Waals surface area contributed by atoms with Crippen molar-refractivity contribution >= 4 is 27.3 Å². The Morgan fingerprint density at radius 1 is 1.14 bits per heavy atom. The van der Waals surface area contributed by atoms with Gasteiger partial charge in [-0.2, -0.15) is 0 Å². The van der Waals surface area contributed by atoms with Crippen LogP contribution in [0.15, 0.2) is 41.3 Å². The van der Waals surface area contributed by atoms with Crippen LogP contribution in [0.5, 0.6) is 5.75 Å². The van der Waals surface area contributed by atoms with Crippen LogP contribution in [0, 0.1) is 24.0 Å². The van der Waals surface area contributed by atoms with Gasteiger partial charge in [0, 0.05) is 31.4 Å². The van der Waals surface area contributed by atoms with Crippen LogP contribution < -0.4 is 10.1 Å². The lowest BCUT2D eigenvalue weighted by Crippen LogP contribution is -2.24. The number of amides is 1. The van der Waals surface area contributed by atoms with E-state index >= 15 is 0 Å². The van der Waals surface area contributed by atoms with Crippen LogP contribution in [0.1, 0.15) is 11.1 Å². The van der Waals surface area contributed by atoms with Crippen molar-refractivity contribution < 1.29 is 22.9 Å². The molecule has 0 saturated heterocycles. The number of nitrogens with zero attached hydrogens (tertiary/aromatic N) is 2. The van der Waals surface area contributed by atoms with Crippen molar-refractivity contribution in [3.8, 4) is 5.75 Å². The minimum absolute atomic E-state index is 0.0360. The summed E-state index contributed by atoms with van der Waals surface area (Å²) < 4.78 is 31.2. The van der Waals surface area contributed by atoms with E-state index in [0.29, 0.717) is 22.6 Å². The number of hydrogen-bond donors (Lipinski definition) is 1. The highest BCUT2D eigenvalue weighted by atomic mass is 32.2. The number of hydrogen-bond acceptors (Lipinski definition) is 6. The summed E-state index contributed by atoms with van der Waals surface area (Å²) in [5.41, 5.74) is 1.26. The van der Waals surface area contributed by atoms with Crippen LogP contribution in [-0.2, 0) is 14.8 Å². The zero-order valence-electron chi connectivity index (χ0n) is 15.9. The van der Waals surface area contributed by atoms with Crippen molar-refractivity contribution in [3.05, 3.63) is 57.6 Å². The third-order valence-electron chi connectivity index (χ3n) is 3.97. The highest BCUT2D eigenvalue weighted by Gasteiger charge is 2.20. The molecule has 0 unspecified atom stereocenters. The van der Waals surface area contributed by atoms with Crippen molar-refractivity contribution in [1.29, 1.82) is 0 Å². The summed E-state index contributed by atoms with van der Waals surface area (Å²) >= 11 is 0. The molecule has 28 heavy (non-hydrogen) atoms. The van der Waals surface area contributed by atoms with E-state index in [1.165, 1.54) is 38.4 Å². The molecule has 0 radical (unpaired) electrons. The van der Waals surface area contributed by atoms with Gasteiger partial charge >= 0.3 is 0 Å². The van der Waals surface area contributed by atoms with Crippen LogP contribution >= 0.6 is 0 Å². The molecule has 0 saturated carbocycles. The number of sulfonamides is 1. The molecular formula is C18H21N3O6S. The molecule has 0 spiro atoms. The molecule has 0 aliphatic rings. The summed E-state index contributed by atoms with van der Waals surface area (Å²) in [5, 5.41) is 13.4. The number of nitro groups is 1. The quantitative estimate of drug-likeness (QED) is 0.556. The van der Waals surface area contributed by atoms with Crippen molar-refractivity contribution in [3.63, 3.8) is 0 Å². The smallest absolute Gasteiger partial charge is 0.272 e. The molecule has 10 heteroatoms. The Kier molecular flexibility index (Phi) is 6.37. The highest BCUT2D eigenvalue weighted by Crippen LogP contribution is 2.24. The fourth-order valence-electron chi connectivity index (χ4n) is 2.42. The first kappa shape index (κ1) is 21.3. The summed E-state index contributed by atoms with van der Waals surface area (Å²) in [5.74, 6) is -0.175. The second kappa shape index (κ2) is 8.36. The molecular weight excluding hydrogens is 386 g/mol. The van der Waals surface area contributed by atoms with Gasteiger partial charge in [-0.15, -0.1) is 0 Å². The minimum atomic E-state index is -3.64. The van der Waals surface area contributed by atoms with Crippen LogP contribution in [0.25, 0.3) is 0 Å². The number of anilines is 1. The third-order valence-corrected chi connectivity index (χ3v) is 5.92. The second-order valence-electron chi connectivity index (χ2n) is 6.31. The lowest BCUT2D eigenvalue weighted by atomic mass is 10.2. The largest absolute Gasteiger partial charge is 0.484 e. The van der Waals surface area contributed by atoms with E-state index < -0.39 is 20.9 Å². The number of benzene rings is 2. The normalized spacial score (nSPS) is 11.3. The molecule has 1 N–H and O–H groups in total. The average Bonchev–Trinajstić information content (AvgIpc) is 2.61. The molecule has 0 bridgehead atoms. The monoisotopic (exact) mass is 407 g/mol. The standard InChI is InChI=1S/C18H21N3O6S/c1-12-5-6-14(10-17(12)28(25,26)20(3)4)19-18(22)11-27-15-7-8-16(21(23)24)13(2)9-15/h5-10H,11H2,1-4H3,(H,19,22). The fraction of sp³-hybridized carbons (Fsp3) is 0.278. The van der Waals surface area contributed by atoms with Crippen LogP contribution in [0.3, 0.4) is 0 Å². The maximum atomic E-state index is 12.3. The average molecular weight is 407 g/mol. The van der Waals surface area contributed by atoms with Crippen molar-refractivity contribution in [2.24, 2.45) is 0 Å². The van der Waals surface area contributed by atoms with Crippen molar-refractivity contribution in [2.75, 3.05) is 26.0 Å². The number of carbonyl (C=O) groups is 1. The van der Waals surface area contributed by atoms with E-state index in [-0.39, 0.29) is 17.2 Å². The van der Waals surface area contributed by atoms with E-state index in [4.69, 9.17) is 4.74 Å². The molecule has 0 aliphatic heterocycles. The summed E-state index contributed by atoms with van der Waals surface area (Å²) in [6, 6.07) is 8.77. The van der Waals surface area contributed by atoms with Crippen LogP contribution in [0.4, 0.5) is 11.4 Å². The Hall–Kier alpha value is -2.98. The number of nitro benzene ring substituents is 1. The first-order valence-electron chi connectivity index (χ1n) is 8.23. The molecule has 0 aromatic heterocycles. The van der Waals surface area contributed by atoms with Gasteiger partial charge in [-0.1, -0.05) is 6.07 Å². The first-order chi connectivity index (χ1) is 13.0. The summed E-state index contributed by atoms with van der Waals surface area (Å²) in [7, 11) is -0.780. The Morgan fingerprint density at radius 3 is 2.39 bits per heavy atom. The molecule has 0 fully saturated rings. The van der Waals surface area contributed by atoms with Gasteiger partial charge < -0.3 is 10.1 Å². The molecule has 2 aromatic rings. The van der Waals surface area contributed by atoms with Gasteiger partial charge in [0.1, 0.15) is 5.75 Å². The van der Waals surface area contributed by atoms with Crippen LogP contribution in [0.2, 0.25) is 0 Å². The molecule has 0 atom stereocenters. The van der Waals surface area contributed by atoms with E-state index in [1.54, 1.807) is 26.0 Å². The van der Waals surface area contributed by atoms with Gasteiger partial charge in [0.2, 0.25) is 10.0 Å². The number of carbonyl (C=O) groups excluding carboxylic acids is 1. The summed E-state index contributed by atoms with van der Waals surface area (Å²) in [4.78, 5) is 22.5. The van der Waals surface area contributed by atoms with Gasteiger partial charge in [0.15, 0.2) is 6.61 Å². The first-order valence-corrected chi connectivity index (χ1v) is 9.67. The highest BCUT2D eigenvalue weighted by molar-refractivity contribution is 7.89. The maximum absolute atomic E-state index is 12.3. The molecule has 9 nitrogen and oxygen atoms in total. The Bertz CT molecular complexity index is 1020. The van der Waals surface area contributed by atoms with Gasteiger partial charge in [0.05, 0.1) is 9.82 Å². The number of ether oxygens (including phenoxy) is 1. The van der Waals surface area contributed by atoms with Crippen molar-refractivity contribution in [1.82, 2.24) is 4.31 Å². The number of nitrogens with one attached hydrogen (secondary N) is 1. The summed E-state index contributed by atoms with van der Waals surface area (Å²) in [6.45, 7) is 2.91. The van der Waals surface area contributed by atoms with Gasteiger partial charge in [0.25, 0.3) is 11.6 Å². The predicted molar refractivity (Wildman–Crippen MR) is 104 cm³/mol. The molecule has 0 aliphatic carbocycles. The van der Waals surface area contributed by atoms with E-state index in [9.17, 15) is 23.3 Å². The minimum Gasteiger partial charge on any atom is -0.484 e. The second-order valence-corrected chi connectivity index (χ2v) is 8.43. The Labute approximate surface area is 163 Å². The topological polar surface area (TPSA) is 119 Å². The molecule has 0 heterocycles. The maximum Gasteiger partial charge on any atom is 0.272 e. The van der Waals surface area contributed by atoms with Crippen LogP contribution in [-0.4, -0.2) is 44.3 Å². The molecule has 150 valence electrons. The van der Waals surface area contributed by atoms with Gasteiger partial charge in [-0.05, 0) is 43.7 Å². The van der Waals surface area contributed by atoms with Crippen molar-refractivity contribution in [2.45, 2.75) is 18.7 Å². The van der Waals surface area contributed by atoms with E-state index in [0.717, 1.165) is 4.31 Å². The fourth-order valence-corrected chi connectivity index (χ4v) is 3.57. The summed E-state index contributed by atoms with van der Waals surface area (Å²) in [6.07, 6.45) is 0. The lowest BCUT2D eigenvalue weighted by Gasteiger charge is -2.15. The predicted octanol–water partition coefficient (Wildman–Crippen LogP) is 2.48. The zero-order chi connectivity index (χ0) is 21.1. The Morgan fingerprint density at radius 2 is 1.82 bits per heavy atom. The zero-order valence-corrected chi connectivity index (χ0v) is 16.7. The SMILES string of the molecule is Cc1cc(OCC(=O)Nc2ccc(C)c(S(=O)(=O)N(C)C)c2)ccc1[N+](=O)[O-]. The molecule has 1 amide bonds. The molecule has 2 rings (SSSR count). The number of aryl methyl sites for hydroxylation is 2. The van der Waals surface area contributed by atoms with E-state index in [1.807, 2.05) is 0 Å². The Balaban J connectivity index is 2.08. The van der Waals surface area contributed by atoms with E-state index in [2.05, 4.69) is 5.32 Å². The lowest BCUT2D eigenvalue weighted by molar-refractivity contribution is -0.385.